The molecule has 116 valence electrons. The summed E-state index contributed by atoms with van der Waals surface area (Å²) in [5.74, 6) is -1.63. The first kappa shape index (κ1) is 16.1. The van der Waals surface area contributed by atoms with E-state index in [0.717, 1.165) is 4.31 Å². The van der Waals surface area contributed by atoms with Gasteiger partial charge in [0.25, 0.3) is 0 Å². The zero-order valence-corrected chi connectivity index (χ0v) is 13.1. The number of carbonyl (C=O) groups is 1. The van der Waals surface area contributed by atoms with Crippen molar-refractivity contribution < 1.29 is 18.3 Å². The quantitative estimate of drug-likeness (QED) is 0.884. The smallest absolute Gasteiger partial charge is 0.307 e. The number of aliphatic carboxylic acids is 1. The van der Waals surface area contributed by atoms with Crippen molar-refractivity contribution in [1.29, 1.82) is 0 Å². The van der Waals surface area contributed by atoms with E-state index in [1.54, 1.807) is 25.1 Å². The van der Waals surface area contributed by atoms with E-state index in [0.29, 0.717) is 35.7 Å². The molecule has 1 atom stereocenters. The molecule has 6 nitrogen and oxygen atoms in total. The summed E-state index contributed by atoms with van der Waals surface area (Å²) in [7, 11) is -3.81. The third-order valence-electron chi connectivity index (χ3n) is 3.53. The Morgan fingerprint density at radius 2 is 2.19 bits per heavy atom. The second-order valence-corrected chi connectivity index (χ2v) is 7.15. The van der Waals surface area contributed by atoms with Crippen LogP contribution >= 0.6 is 11.6 Å². The molecule has 0 amide bonds. The summed E-state index contributed by atoms with van der Waals surface area (Å²) in [4.78, 5) is 11.0. The van der Waals surface area contributed by atoms with Crippen LogP contribution < -0.4 is 4.72 Å². The van der Waals surface area contributed by atoms with Gasteiger partial charge >= 0.3 is 16.2 Å². The second-order valence-electron chi connectivity index (χ2n) is 5.07. The molecule has 0 aliphatic carbocycles. The van der Waals surface area contributed by atoms with Gasteiger partial charge in [-0.15, -0.1) is 0 Å². The number of piperidine rings is 1. The van der Waals surface area contributed by atoms with Crippen molar-refractivity contribution in [3.05, 3.63) is 28.8 Å². The van der Waals surface area contributed by atoms with E-state index in [9.17, 15) is 13.2 Å². The van der Waals surface area contributed by atoms with Crippen LogP contribution in [0.4, 0.5) is 5.69 Å². The largest absolute Gasteiger partial charge is 0.481 e. The minimum Gasteiger partial charge on any atom is -0.481 e. The minimum absolute atomic E-state index is 0.0197. The van der Waals surface area contributed by atoms with Crippen molar-refractivity contribution in [2.45, 2.75) is 19.8 Å². The van der Waals surface area contributed by atoms with E-state index in [2.05, 4.69) is 4.72 Å². The number of anilines is 1. The highest BCUT2D eigenvalue weighted by atomic mass is 35.5. The van der Waals surface area contributed by atoms with Gasteiger partial charge in [-0.1, -0.05) is 23.7 Å². The topological polar surface area (TPSA) is 86.7 Å². The number of hydrogen-bond donors (Lipinski definition) is 2. The Hall–Kier alpha value is -1.31. The fourth-order valence-electron chi connectivity index (χ4n) is 2.32. The van der Waals surface area contributed by atoms with Gasteiger partial charge in [-0.3, -0.25) is 9.52 Å². The molecular weight excluding hydrogens is 316 g/mol. The molecule has 1 saturated heterocycles. The standard InChI is InChI=1S/C13H17ClN2O4S/c1-9-4-2-6-11(14)12(9)15-21(19,20)16-7-3-5-10(8-16)13(17)18/h2,4,6,10,15H,3,5,7-8H2,1H3,(H,17,18). The zero-order valence-electron chi connectivity index (χ0n) is 11.5. The third kappa shape index (κ3) is 3.66. The Bertz CT molecular complexity index is 627. The SMILES string of the molecule is Cc1cccc(Cl)c1NS(=O)(=O)N1CCCC(C(=O)O)C1. The Morgan fingerprint density at radius 1 is 1.48 bits per heavy atom. The minimum atomic E-state index is -3.81. The molecule has 1 unspecified atom stereocenters. The van der Waals surface area contributed by atoms with Crippen LogP contribution in [-0.4, -0.2) is 36.9 Å². The maximum Gasteiger partial charge on any atom is 0.307 e. The molecule has 0 radical (unpaired) electrons. The molecule has 1 heterocycles. The van der Waals surface area contributed by atoms with E-state index in [1.807, 2.05) is 0 Å². The third-order valence-corrected chi connectivity index (χ3v) is 5.31. The van der Waals surface area contributed by atoms with Gasteiger partial charge in [0.05, 0.1) is 16.6 Å². The number of nitrogens with zero attached hydrogens (tertiary/aromatic N) is 1. The van der Waals surface area contributed by atoms with Crippen LogP contribution in [-0.2, 0) is 15.0 Å². The van der Waals surface area contributed by atoms with Crippen LogP contribution in [0.5, 0.6) is 0 Å². The summed E-state index contributed by atoms with van der Waals surface area (Å²) in [5, 5.41) is 9.35. The van der Waals surface area contributed by atoms with Crippen LogP contribution in [0.2, 0.25) is 5.02 Å². The fraction of sp³-hybridized carbons (Fsp3) is 0.462. The molecule has 8 heteroatoms. The highest BCUT2D eigenvalue weighted by molar-refractivity contribution is 7.90. The summed E-state index contributed by atoms with van der Waals surface area (Å²) >= 11 is 6.01. The highest BCUT2D eigenvalue weighted by Crippen LogP contribution is 2.28. The number of carboxylic acid groups (broad SMARTS) is 1. The van der Waals surface area contributed by atoms with Gasteiger partial charge in [0, 0.05) is 13.1 Å². The van der Waals surface area contributed by atoms with Crippen LogP contribution in [0, 0.1) is 12.8 Å². The van der Waals surface area contributed by atoms with Gasteiger partial charge in [-0.25, -0.2) is 0 Å². The molecule has 1 aliphatic heterocycles. The molecule has 1 aliphatic rings. The Kier molecular flexibility index (Phi) is 4.75. The maximum atomic E-state index is 12.4. The van der Waals surface area contributed by atoms with Gasteiger partial charge in [0.2, 0.25) is 0 Å². The molecule has 2 N–H and O–H groups in total. The zero-order chi connectivity index (χ0) is 15.6. The Morgan fingerprint density at radius 3 is 2.81 bits per heavy atom. The van der Waals surface area contributed by atoms with E-state index in [1.165, 1.54) is 0 Å². The van der Waals surface area contributed by atoms with Crippen molar-refractivity contribution in [1.82, 2.24) is 4.31 Å². The molecule has 1 aromatic carbocycles. The van der Waals surface area contributed by atoms with Crippen LogP contribution in [0.1, 0.15) is 18.4 Å². The molecule has 2 rings (SSSR count). The molecule has 21 heavy (non-hydrogen) atoms. The molecule has 0 saturated carbocycles. The van der Waals surface area contributed by atoms with Gasteiger partial charge < -0.3 is 5.11 Å². The van der Waals surface area contributed by atoms with E-state index in [4.69, 9.17) is 16.7 Å². The predicted molar refractivity (Wildman–Crippen MR) is 80.7 cm³/mol. The summed E-state index contributed by atoms with van der Waals surface area (Å²) in [5.41, 5.74) is 1.04. The molecule has 1 fully saturated rings. The average Bonchev–Trinajstić information content (AvgIpc) is 2.43. The number of halogens is 1. The normalized spacial score (nSPS) is 20.2. The average molecular weight is 333 g/mol. The predicted octanol–water partition coefficient (Wildman–Crippen LogP) is 2.10. The maximum absolute atomic E-state index is 12.4. The van der Waals surface area contributed by atoms with Crippen LogP contribution in [0.15, 0.2) is 18.2 Å². The highest BCUT2D eigenvalue weighted by Gasteiger charge is 2.32. The van der Waals surface area contributed by atoms with E-state index in [-0.39, 0.29) is 6.54 Å². The fourth-order valence-corrected chi connectivity index (χ4v) is 4.05. The lowest BCUT2D eigenvalue weighted by Crippen LogP contribution is -2.44. The summed E-state index contributed by atoms with van der Waals surface area (Å²) < 4.78 is 28.4. The van der Waals surface area contributed by atoms with E-state index >= 15 is 0 Å². The molecular formula is C13H17ClN2O4S. The molecule has 0 aromatic heterocycles. The molecule has 1 aromatic rings. The number of nitrogens with one attached hydrogen (secondary N) is 1. The first-order chi connectivity index (χ1) is 9.81. The van der Waals surface area contributed by atoms with Gasteiger partial charge in [-0.2, -0.15) is 12.7 Å². The van der Waals surface area contributed by atoms with Crippen molar-refractivity contribution in [2.24, 2.45) is 5.92 Å². The summed E-state index contributed by atoms with van der Waals surface area (Å²) in [6.07, 6.45) is 1.02. The molecule has 0 spiro atoms. The Labute approximate surface area is 128 Å². The first-order valence-corrected chi connectivity index (χ1v) is 8.39. The van der Waals surface area contributed by atoms with Crippen molar-refractivity contribution in [3.8, 4) is 0 Å². The van der Waals surface area contributed by atoms with Crippen LogP contribution in [0.3, 0.4) is 0 Å². The lowest BCUT2D eigenvalue weighted by molar-refractivity contribution is -0.142. The number of benzene rings is 1. The van der Waals surface area contributed by atoms with Gasteiger partial charge in [0.15, 0.2) is 0 Å². The summed E-state index contributed by atoms with van der Waals surface area (Å²) in [6.45, 7) is 2.04. The van der Waals surface area contributed by atoms with Gasteiger partial charge in [-0.05, 0) is 31.4 Å². The lowest BCUT2D eigenvalue weighted by atomic mass is 10.0. The van der Waals surface area contributed by atoms with Gasteiger partial charge in [0.1, 0.15) is 0 Å². The number of carboxylic acids is 1. The number of hydrogen-bond acceptors (Lipinski definition) is 3. The second kappa shape index (κ2) is 6.21. The molecule has 0 bridgehead atoms. The first-order valence-electron chi connectivity index (χ1n) is 6.57. The van der Waals surface area contributed by atoms with Crippen LogP contribution in [0.25, 0.3) is 0 Å². The van der Waals surface area contributed by atoms with Crippen molar-refractivity contribution in [3.63, 3.8) is 0 Å². The number of para-hydroxylation sites is 1. The number of aryl methyl sites for hydroxylation is 1. The summed E-state index contributed by atoms with van der Waals surface area (Å²) in [6, 6.07) is 5.08. The van der Waals surface area contributed by atoms with Crippen molar-refractivity contribution in [2.75, 3.05) is 17.8 Å². The van der Waals surface area contributed by atoms with E-state index < -0.39 is 22.1 Å². The van der Waals surface area contributed by atoms with Crippen molar-refractivity contribution >= 4 is 33.5 Å². The lowest BCUT2D eigenvalue weighted by Gasteiger charge is -2.30. The monoisotopic (exact) mass is 332 g/mol. The number of rotatable bonds is 4. The Balaban J connectivity index is 2.20.